The Hall–Kier alpha value is -1.24. The molecule has 0 amide bonds. The highest BCUT2D eigenvalue weighted by Crippen LogP contribution is 2.46. The Morgan fingerprint density at radius 1 is 1.21 bits per heavy atom. The first-order chi connectivity index (χ1) is 11.7. The summed E-state index contributed by atoms with van der Waals surface area (Å²) in [5.74, 6) is 0.942. The van der Waals surface area contributed by atoms with E-state index in [1.807, 2.05) is 0 Å². The predicted molar refractivity (Wildman–Crippen MR) is 95.9 cm³/mol. The third kappa shape index (κ3) is 2.80. The van der Waals surface area contributed by atoms with Gasteiger partial charge in [0, 0.05) is 16.8 Å². The van der Waals surface area contributed by atoms with Crippen LogP contribution in [0.2, 0.25) is 0 Å². The Morgan fingerprint density at radius 2 is 2.00 bits per heavy atom. The third-order valence-electron chi connectivity index (χ3n) is 5.57. The van der Waals surface area contributed by atoms with E-state index in [2.05, 4.69) is 29.0 Å². The van der Waals surface area contributed by atoms with E-state index in [1.165, 1.54) is 23.3 Å². The number of aromatic nitrogens is 2. The first kappa shape index (κ1) is 16.2. The van der Waals surface area contributed by atoms with Gasteiger partial charge in [-0.25, -0.2) is 9.97 Å². The fourth-order valence-corrected chi connectivity index (χ4v) is 5.38. The Balaban J connectivity index is 1.59. The van der Waals surface area contributed by atoms with Crippen LogP contribution in [-0.4, -0.2) is 52.8 Å². The molecular weight excluding hydrogens is 322 g/mol. The zero-order valence-electron chi connectivity index (χ0n) is 14.4. The summed E-state index contributed by atoms with van der Waals surface area (Å²) >= 11 is 1.74. The molecule has 1 atom stereocenters. The van der Waals surface area contributed by atoms with Gasteiger partial charge >= 0.3 is 0 Å². The van der Waals surface area contributed by atoms with Gasteiger partial charge in [0.15, 0.2) is 0 Å². The van der Waals surface area contributed by atoms with Crippen LogP contribution in [-0.2, 0) is 6.42 Å². The summed E-state index contributed by atoms with van der Waals surface area (Å²) in [5.41, 5.74) is 1.25. The smallest absolute Gasteiger partial charge is 0.225 e. The Labute approximate surface area is 146 Å². The van der Waals surface area contributed by atoms with Crippen LogP contribution in [0, 0.1) is 0 Å². The van der Waals surface area contributed by atoms with Crippen molar-refractivity contribution in [3.63, 3.8) is 0 Å². The highest BCUT2D eigenvalue weighted by atomic mass is 32.1. The van der Waals surface area contributed by atoms with Gasteiger partial charge in [0.1, 0.15) is 17.3 Å². The largest absolute Gasteiger partial charge is 0.474 e. The standard InChI is InChI=1S/C18H25N3O2S/c1-21(2)12-4-6-13(7-5-12)23-17-16-15-11(9-22)3-8-14(15)24-18(16)20-10-19-17/h10-13,22H,3-9H2,1-2H3/t11-,12?,13?/m0/s1. The average Bonchev–Trinajstić information content (AvgIpc) is 3.14. The number of hydrogen-bond acceptors (Lipinski definition) is 6. The Morgan fingerprint density at radius 3 is 2.71 bits per heavy atom. The molecule has 0 aromatic carbocycles. The molecule has 4 rings (SSSR count). The van der Waals surface area contributed by atoms with Crippen LogP contribution in [0.5, 0.6) is 5.88 Å². The molecule has 0 unspecified atom stereocenters. The fourth-order valence-electron chi connectivity index (χ4n) is 4.15. The first-order valence-corrected chi connectivity index (χ1v) is 9.69. The van der Waals surface area contributed by atoms with Gasteiger partial charge in [0.05, 0.1) is 12.0 Å². The molecule has 2 aromatic rings. The molecule has 1 saturated carbocycles. The molecule has 0 saturated heterocycles. The lowest BCUT2D eigenvalue weighted by molar-refractivity contribution is 0.108. The van der Waals surface area contributed by atoms with E-state index >= 15 is 0 Å². The van der Waals surface area contributed by atoms with Crippen molar-refractivity contribution in [3.8, 4) is 5.88 Å². The number of fused-ring (bicyclic) bond motifs is 3. The fraction of sp³-hybridized carbons (Fsp3) is 0.667. The summed E-state index contributed by atoms with van der Waals surface area (Å²) in [4.78, 5) is 13.6. The van der Waals surface area contributed by atoms with Gasteiger partial charge in [-0.1, -0.05) is 0 Å². The number of ether oxygens (including phenoxy) is 1. The maximum atomic E-state index is 9.70. The van der Waals surface area contributed by atoms with Gasteiger partial charge in [0.2, 0.25) is 5.88 Å². The number of thiophene rings is 1. The molecule has 2 heterocycles. The number of rotatable bonds is 4. The molecule has 2 aliphatic rings. The second kappa shape index (κ2) is 6.58. The van der Waals surface area contributed by atoms with Gasteiger partial charge < -0.3 is 14.7 Å². The topological polar surface area (TPSA) is 58.5 Å². The van der Waals surface area contributed by atoms with Crippen molar-refractivity contribution in [2.24, 2.45) is 0 Å². The molecule has 130 valence electrons. The summed E-state index contributed by atoms with van der Waals surface area (Å²) in [5, 5.41) is 10.8. The van der Waals surface area contributed by atoms with Crippen molar-refractivity contribution in [2.45, 2.75) is 56.6 Å². The molecule has 0 radical (unpaired) electrons. The number of aliphatic hydroxyl groups excluding tert-OH is 1. The van der Waals surface area contributed by atoms with E-state index in [-0.39, 0.29) is 18.6 Å². The lowest BCUT2D eigenvalue weighted by Crippen LogP contribution is -2.35. The van der Waals surface area contributed by atoms with Gasteiger partial charge in [-0.15, -0.1) is 11.3 Å². The normalized spacial score (nSPS) is 26.9. The molecule has 1 N–H and O–H groups in total. The third-order valence-corrected chi connectivity index (χ3v) is 6.74. The van der Waals surface area contributed by atoms with Crippen LogP contribution in [0.25, 0.3) is 10.2 Å². The second-order valence-corrected chi connectivity index (χ2v) is 8.31. The van der Waals surface area contributed by atoms with E-state index in [1.54, 1.807) is 17.7 Å². The summed E-state index contributed by atoms with van der Waals surface area (Å²) in [6, 6.07) is 0.666. The maximum Gasteiger partial charge on any atom is 0.225 e. The number of hydrogen-bond donors (Lipinski definition) is 1. The summed E-state index contributed by atoms with van der Waals surface area (Å²) in [6.07, 6.45) is 8.41. The zero-order valence-corrected chi connectivity index (χ0v) is 15.2. The van der Waals surface area contributed by atoms with E-state index in [9.17, 15) is 5.11 Å². The molecule has 2 aromatic heterocycles. The van der Waals surface area contributed by atoms with Crippen molar-refractivity contribution in [3.05, 3.63) is 16.8 Å². The van der Waals surface area contributed by atoms with Gasteiger partial charge in [-0.2, -0.15) is 0 Å². The van der Waals surface area contributed by atoms with Gasteiger partial charge in [0.25, 0.3) is 0 Å². The van der Waals surface area contributed by atoms with Crippen molar-refractivity contribution in [2.75, 3.05) is 20.7 Å². The van der Waals surface area contributed by atoms with E-state index < -0.39 is 0 Å². The first-order valence-electron chi connectivity index (χ1n) is 8.87. The van der Waals surface area contributed by atoms with Gasteiger partial charge in [-0.3, -0.25) is 0 Å². The molecule has 24 heavy (non-hydrogen) atoms. The molecule has 0 bridgehead atoms. The van der Waals surface area contributed by atoms with Crippen LogP contribution in [0.1, 0.15) is 48.5 Å². The minimum Gasteiger partial charge on any atom is -0.474 e. The van der Waals surface area contributed by atoms with Crippen molar-refractivity contribution < 1.29 is 9.84 Å². The lowest BCUT2D eigenvalue weighted by atomic mass is 9.92. The second-order valence-electron chi connectivity index (χ2n) is 7.23. The molecule has 5 nitrogen and oxygen atoms in total. The van der Waals surface area contributed by atoms with Crippen LogP contribution in [0.4, 0.5) is 0 Å². The number of aryl methyl sites for hydroxylation is 1. The summed E-state index contributed by atoms with van der Waals surface area (Å²) in [6.45, 7) is 0.196. The monoisotopic (exact) mass is 347 g/mol. The molecule has 0 aliphatic heterocycles. The van der Waals surface area contributed by atoms with E-state index in [0.717, 1.165) is 41.8 Å². The molecule has 6 heteroatoms. The van der Waals surface area contributed by atoms with Crippen molar-refractivity contribution >= 4 is 21.6 Å². The molecule has 0 spiro atoms. The minimum absolute atomic E-state index is 0.196. The molecule has 2 aliphatic carbocycles. The quantitative estimate of drug-likeness (QED) is 0.921. The van der Waals surface area contributed by atoms with Gasteiger partial charge in [-0.05, 0) is 58.2 Å². The maximum absolute atomic E-state index is 9.70. The predicted octanol–water partition coefficient (Wildman–Crippen LogP) is 2.97. The number of aliphatic hydroxyl groups is 1. The summed E-state index contributed by atoms with van der Waals surface area (Å²) < 4.78 is 6.33. The van der Waals surface area contributed by atoms with Crippen LogP contribution < -0.4 is 4.74 Å². The van der Waals surface area contributed by atoms with Crippen molar-refractivity contribution in [1.29, 1.82) is 0 Å². The van der Waals surface area contributed by atoms with Crippen molar-refractivity contribution in [1.82, 2.24) is 14.9 Å². The highest BCUT2D eigenvalue weighted by Gasteiger charge is 2.31. The van der Waals surface area contributed by atoms with E-state index in [0.29, 0.717) is 6.04 Å². The molecular formula is C18H25N3O2S. The Bertz CT molecular complexity index is 722. The lowest BCUT2D eigenvalue weighted by Gasteiger charge is -2.32. The Kier molecular flexibility index (Phi) is 4.45. The van der Waals surface area contributed by atoms with Crippen LogP contribution >= 0.6 is 11.3 Å². The highest BCUT2D eigenvalue weighted by molar-refractivity contribution is 7.19. The minimum atomic E-state index is 0.196. The number of nitrogens with zero attached hydrogens (tertiary/aromatic N) is 3. The molecule has 1 fully saturated rings. The van der Waals surface area contributed by atoms with Crippen LogP contribution in [0.15, 0.2) is 6.33 Å². The SMILES string of the molecule is CN(C)C1CCC(Oc2ncnc3sc4c(c23)[C@H](CO)CC4)CC1. The zero-order chi connectivity index (χ0) is 16.7. The van der Waals surface area contributed by atoms with Crippen LogP contribution in [0.3, 0.4) is 0 Å². The average molecular weight is 347 g/mol. The van der Waals surface area contributed by atoms with E-state index in [4.69, 9.17) is 4.74 Å². The summed E-state index contributed by atoms with van der Waals surface area (Å²) in [7, 11) is 4.31.